The summed E-state index contributed by atoms with van der Waals surface area (Å²) in [6.45, 7) is 7.99. The summed E-state index contributed by atoms with van der Waals surface area (Å²) in [4.78, 5) is 0.411. The zero-order valence-corrected chi connectivity index (χ0v) is 12.3. The molecule has 0 amide bonds. The molecule has 18 heavy (non-hydrogen) atoms. The molecule has 0 heterocycles. The van der Waals surface area contributed by atoms with Gasteiger partial charge in [0.1, 0.15) is 0 Å². The third-order valence-corrected chi connectivity index (χ3v) is 4.48. The molecular weight excluding hydrogens is 246 g/mol. The average molecular weight is 267 g/mol. The molecule has 0 unspecified atom stereocenters. The van der Waals surface area contributed by atoms with Gasteiger partial charge in [-0.2, -0.15) is 0 Å². The molecular formula is C14H21NO2S. The van der Waals surface area contributed by atoms with E-state index >= 15 is 0 Å². The highest BCUT2D eigenvalue weighted by molar-refractivity contribution is 7.89. The lowest BCUT2D eigenvalue weighted by molar-refractivity contribution is 0.581. The molecule has 0 atom stereocenters. The average Bonchev–Trinajstić information content (AvgIpc) is 2.22. The van der Waals surface area contributed by atoms with Crippen molar-refractivity contribution >= 4 is 10.0 Å². The van der Waals surface area contributed by atoms with E-state index in [1.165, 1.54) is 0 Å². The van der Waals surface area contributed by atoms with Gasteiger partial charge in [0.25, 0.3) is 0 Å². The van der Waals surface area contributed by atoms with E-state index in [0.29, 0.717) is 17.9 Å². The molecule has 0 radical (unpaired) electrons. The monoisotopic (exact) mass is 267 g/mol. The summed E-state index contributed by atoms with van der Waals surface area (Å²) in [5, 5.41) is 0. The molecule has 0 aliphatic heterocycles. The summed E-state index contributed by atoms with van der Waals surface area (Å²) in [5.74, 6) is 0. The summed E-state index contributed by atoms with van der Waals surface area (Å²) in [6.07, 6.45) is 4.56. The fourth-order valence-electron chi connectivity index (χ4n) is 2.11. The number of benzene rings is 1. The molecule has 100 valence electrons. The van der Waals surface area contributed by atoms with Gasteiger partial charge < -0.3 is 0 Å². The molecule has 4 heteroatoms. The van der Waals surface area contributed by atoms with Gasteiger partial charge in [0, 0.05) is 6.54 Å². The molecule has 0 saturated heterocycles. The van der Waals surface area contributed by atoms with Gasteiger partial charge in [-0.3, -0.25) is 0 Å². The van der Waals surface area contributed by atoms with Crippen LogP contribution in [0.4, 0.5) is 0 Å². The van der Waals surface area contributed by atoms with Gasteiger partial charge in [0.15, 0.2) is 0 Å². The minimum Gasteiger partial charge on any atom is -0.211 e. The van der Waals surface area contributed by atoms with Gasteiger partial charge >= 0.3 is 0 Å². The van der Waals surface area contributed by atoms with E-state index < -0.39 is 10.0 Å². The molecule has 0 bridgehead atoms. The van der Waals surface area contributed by atoms with Crippen LogP contribution in [0.2, 0.25) is 0 Å². The lowest BCUT2D eigenvalue weighted by Gasteiger charge is -2.12. The Labute approximate surface area is 110 Å². The third kappa shape index (κ3) is 3.68. The van der Waals surface area contributed by atoms with Crippen molar-refractivity contribution in [3.63, 3.8) is 0 Å². The Kier molecular flexibility index (Phi) is 5.11. The highest BCUT2D eigenvalue weighted by Crippen LogP contribution is 2.21. The smallest absolute Gasteiger partial charge is 0.211 e. The Hall–Kier alpha value is -1.13. The van der Waals surface area contributed by atoms with Crippen LogP contribution < -0.4 is 4.72 Å². The first-order valence-corrected chi connectivity index (χ1v) is 7.55. The number of allylic oxidation sites excluding steroid dienone is 1. The molecule has 1 N–H and O–H groups in total. The Morgan fingerprint density at radius 3 is 2.22 bits per heavy atom. The van der Waals surface area contributed by atoms with Crippen molar-refractivity contribution < 1.29 is 8.42 Å². The van der Waals surface area contributed by atoms with Crippen molar-refractivity contribution in [2.24, 2.45) is 0 Å². The van der Waals surface area contributed by atoms with Crippen LogP contribution in [-0.4, -0.2) is 15.0 Å². The van der Waals surface area contributed by atoms with Crippen molar-refractivity contribution in [2.45, 2.75) is 39.0 Å². The predicted octanol–water partition coefficient (Wildman–Crippen LogP) is 2.86. The second-order valence-corrected chi connectivity index (χ2v) is 6.19. The van der Waals surface area contributed by atoms with Crippen LogP contribution in [0.25, 0.3) is 0 Å². The fourth-order valence-corrected chi connectivity index (χ4v) is 3.60. The van der Waals surface area contributed by atoms with E-state index in [4.69, 9.17) is 0 Å². The second kappa shape index (κ2) is 6.16. The molecule has 0 saturated carbocycles. The lowest BCUT2D eigenvalue weighted by atomic mass is 10.1. The number of hydrogen-bond acceptors (Lipinski definition) is 2. The second-order valence-electron chi connectivity index (χ2n) is 4.48. The number of nitrogens with one attached hydrogen (secondary N) is 1. The zero-order chi connectivity index (χ0) is 13.8. The maximum absolute atomic E-state index is 12.2. The van der Waals surface area contributed by atoms with E-state index in [1.54, 1.807) is 0 Å². The van der Waals surface area contributed by atoms with Gasteiger partial charge in [-0.15, -0.1) is 0 Å². The predicted molar refractivity (Wildman–Crippen MR) is 75.3 cm³/mol. The molecule has 3 nitrogen and oxygen atoms in total. The summed E-state index contributed by atoms with van der Waals surface area (Å²) < 4.78 is 27.1. The van der Waals surface area contributed by atoms with Crippen molar-refractivity contribution in [1.29, 1.82) is 0 Å². The summed E-state index contributed by atoms with van der Waals surface area (Å²) >= 11 is 0. The van der Waals surface area contributed by atoms with Gasteiger partial charge in [-0.05, 0) is 45.2 Å². The van der Waals surface area contributed by atoms with Crippen LogP contribution in [0.3, 0.4) is 0 Å². The van der Waals surface area contributed by atoms with Crippen LogP contribution in [0, 0.1) is 20.8 Å². The molecule has 1 aromatic rings. The normalized spacial score (nSPS) is 12.2. The fraction of sp³-hybridized carbons (Fsp3) is 0.429. The van der Waals surface area contributed by atoms with E-state index in [1.807, 2.05) is 52.0 Å². The highest BCUT2D eigenvalue weighted by Gasteiger charge is 2.18. The quantitative estimate of drug-likeness (QED) is 0.658. The highest BCUT2D eigenvalue weighted by atomic mass is 32.2. The topological polar surface area (TPSA) is 46.2 Å². The number of hydrogen-bond donors (Lipinski definition) is 1. The van der Waals surface area contributed by atoms with Crippen LogP contribution in [-0.2, 0) is 10.0 Å². The Balaban J connectivity index is 2.98. The number of rotatable bonds is 5. The van der Waals surface area contributed by atoms with Crippen molar-refractivity contribution in [3.8, 4) is 0 Å². The standard InChI is InChI=1S/C14H21NO2S/c1-5-6-7-8-15-18(16,17)14-12(3)9-11(2)10-13(14)4/h5-6,9-10,15H,7-8H2,1-4H3/b6-5+. The molecule has 0 fully saturated rings. The lowest BCUT2D eigenvalue weighted by Crippen LogP contribution is -2.26. The summed E-state index contributed by atoms with van der Waals surface area (Å²) in [7, 11) is -3.40. The Bertz CT molecular complexity index is 522. The maximum Gasteiger partial charge on any atom is 0.241 e. The van der Waals surface area contributed by atoms with E-state index in [2.05, 4.69) is 4.72 Å². The molecule has 0 aliphatic rings. The first-order chi connectivity index (χ1) is 8.38. The van der Waals surface area contributed by atoms with E-state index in [9.17, 15) is 8.42 Å². The van der Waals surface area contributed by atoms with E-state index in [-0.39, 0.29) is 0 Å². The van der Waals surface area contributed by atoms with Gasteiger partial charge in [-0.1, -0.05) is 29.8 Å². The maximum atomic E-state index is 12.2. The molecule has 0 aromatic heterocycles. The summed E-state index contributed by atoms with van der Waals surface area (Å²) in [5.41, 5.74) is 2.68. The molecule has 0 aliphatic carbocycles. The summed E-state index contributed by atoms with van der Waals surface area (Å²) in [6, 6.07) is 3.79. The van der Waals surface area contributed by atoms with Crippen molar-refractivity contribution in [3.05, 3.63) is 41.0 Å². The molecule has 0 spiro atoms. The first kappa shape index (κ1) is 14.9. The largest absolute Gasteiger partial charge is 0.241 e. The van der Waals surface area contributed by atoms with Crippen LogP contribution in [0.15, 0.2) is 29.2 Å². The minimum atomic E-state index is -3.40. The Morgan fingerprint density at radius 1 is 1.17 bits per heavy atom. The zero-order valence-electron chi connectivity index (χ0n) is 11.4. The van der Waals surface area contributed by atoms with Crippen LogP contribution in [0.1, 0.15) is 30.0 Å². The van der Waals surface area contributed by atoms with Gasteiger partial charge in [-0.25, -0.2) is 13.1 Å². The number of sulfonamides is 1. The van der Waals surface area contributed by atoms with Crippen molar-refractivity contribution in [2.75, 3.05) is 6.54 Å². The van der Waals surface area contributed by atoms with E-state index in [0.717, 1.165) is 16.7 Å². The van der Waals surface area contributed by atoms with Gasteiger partial charge in [0.05, 0.1) is 4.90 Å². The first-order valence-electron chi connectivity index (χ1n) is 6.07. The SMILES string of the molecule is C/C=C/CCNS(=O)(=O)c1c(C)cc(C)cc1C. The van der Waals surface area contributed by atoms with Crippen LogP contribution >= 0.6 is 0 Å². The van der Waals surface area contributed by atoms with Crippen molar-refractivity contribution in [1.82, 2.24) is 4.72 Å². The molecule has 1 aromatic carbocycles. The van der Waals surface area contributed by atoms with Gasteiger partial charge in [0.2, 0.25) is 10.0 Å². The van der Waals surface area contributed by atoms with Crippen LogP contribution in [0.5, 0.6) is 0 Å². The Morgan fingerprint density at radius 2 is 1.72 bits per heavy atom. The third-order valence-electron chi connectivity index (χ3n) is 2.71. The molecule has 1 rings (SSSR count). The number of aryl methyl sites for hydroxylation is 3. The minimum absolute atomic E-state index is 0.411.